The highest BCUT2D eigenvalue weighted by molar-refractivity contribution is 5.41. The number of nitro groups is 1. The van der Waals surface area contributed by atoms with E-state index in [0.29, 0.717) is 19.1 Å². The second kappa shape index (κ2) is 5.92. The molecule has 1 fully saturated rings. The summed E-state index contributed by atoms with van der Waals surface area (Å²) in [7, 11) is 0. The summed E-state index contributed by atoms with van der Waals surface area (Å²) in [6.45, 7) is 5.24. The summed E-state index contributed by atoms with van der Waals surface area (Å²) < 4.78 is 5.94. The van der Waals surface area contributed by atoms with Crippen LogP contribution in [-0.4, -0.2) is 33.6 Å². The maximum absolute atomic E-state index is 10.8. The normalized spacial score (nSPS) is 20.3. The van der Waals surface area contributed by atoms with Crippen molar-refractivity contribution in [3.8, 4) is 0 Å². The van der Waals surface area contributed by atoms with E-state index >= 15 is 0 Å². The molecule has 1 aliphatic rings. The first-order valence-electron chi connectivity index (χ1n) is 7.41. The minimum absolute atomic E-state index is 0.0705. The molecule has 120 valence electrons. The SMILES string of the molecule is CC1(C)OCCN(c2ncc([N+](=O)[O-])cn2)C1c1ccccc1. The van der Waals surface area contributed by atoms with Gasteiger partial charge in [-0.05, 0) is 19.4 Å². The maximum atomic E-state index is 10.8. The van der Waals surface area contributed by atoms with Crippen LogP contribution >= 0.6 is 0 Å². The zero-order chi connectivity index (χ0) is 16.4. The molecule has 0 radical (unpaired) electrons. The first-order valence-corrected chi connectivity index (χ1v) is 7.41. The van der Waals surface area contributed by atoms with E-state index in [1.165, 1.54) is 12.4 Å². The van der Waals surface area contributed by atoms with Gasteiger partial charge in [-0.25, -0.2) is 9.97 Å². The van der Waals surface area contributed by atoms with Crippen LogP contribution in [0, 0.1) is 10.1 Å². The van der Waals surface area contributed by atoms with Crippen LogP contribution in [0.25, 0.3) is 0 Å². The average Bonchev–Trinajstić information content (AvgIpc) is 2.54. The van der Waals surface area contributed by atoms with Gasteiger partial charge >= 0.3 is 5.69 Å². The van der Waals surface area contributed by atoms with Gasteiger partial charge < -0.3 is 9.64 Å². The van der Waals surface area contributed by atoms with E-state index in [1.807, 2.05) is 49.1 Å². The number of ether oxygens (including phenoxy) is 1. The summed E-state index contributed by atoms with van der Waals surface area (Å²) in [5, 5.41) is 10.8. The number of rotatable bonds is 3. The molecule has 2 heterocycles. The van der Waals surface area contributed by atoms with Gasteiger partial charge in [0.15, 0.2) is 0 Å². The summed E-state index contributed by atoms with van der Waals surface area (Å²) in [5.74, 6) is 0.473. The van der Waals surface area contributed by atoms with E-state index in [1.54, 1.807) is 0 Å². The van der Waals surface area contributed by atoms with Gasteiger partial charge in [-0.3, -0.25) is 10.1 Å². The van der Waals surface area contributed by atoms with Crippen LogP contribution in [0.5, 0.6) is 0 Å². The van der Waals surface area contributed by atoms with Crippen molar-refractivity contribution in [2.75, 3.05) is 18.1 Å². The average molecular weight is 314 g/mol. The quantitative estimate of drug-likeness (QED) is 0.640. The van der Waals surface area contributed by atoms with Crippen molar-refractivity contribution in [3.63, 3.8) is 0 Å². The van der Waals surface area contributed by atoms with Crippen LogP contribution in [0.15, 0.2) is 42.7 Å². The van der Waals surface area contributed by atoms with Crippen LogP contribution < -0.4 is 4.90 Å². The molecule has 23 heavy (non-hydrogen) atoms. The number of morpholine rings is 1. The Labute approximate surface area is 134 Å². The molecule has 0 aliphatic carbocycles. The minimum atomic E-state index is -0.498. The molecule has 0 N–H and O–H groups in total. The fourth-order valence-corrected chi connectivity index (χ4v) is 2.98. The topological polar surface area (TPSA) is 81.4 Å². The summed E-state index contributed by atoms with van der Waals surface area (Å²) in [4.78, 5) is 20.7. The van der Waals surface area contributed by atoms with Crippen molar-refractivity contribution >= 4 is 11.6 Å². The third-order valence-corrected chi connectivity index (χ3v) is 3.98. The Morgan fingerprint density at radius 3 is 2.52 bits per heavy atom. The standard InChI is InChI=1S/C16H18N4O3/c1-16(2)14(12-6-4-3-5-7-12)19(8-9-23-16)15-17-10-13(11-18-15)20(21)22/h3-7,10-11,14H,8-9H2,1-2H3. The van der Waals surface area contributed by atoms with Crippen molar-refractivity contribution in [1.29, 1.82) is 0 Å². The lowest BCUT2D eigenvalue weighted by atomic mass is 9.89. The molecule has 0 bridgehead atoms. The van der Waals surface area contributed by atoms with E-state index in [0.717, 1.165) is 5.56 Å². The molecule has 1 aromatic carbocycles. The molecular weight excluding hydrogens is 296 g/mol. The van der Waals surface area contributed by atoms with Crippen LogP contribution in [-0.2, 0) is 4.74 Å². The van der Waals surface area contributed by atoms with E-state index < -0.39 is 10.5 Å². The zero-order valence-corrected chi connectivity index (χ0v) is 13.0. The second-order valence-electron chi connectivity index (χ2n) is 5.96. The smallest absolute Gasteiger partial charge is 0.305 e. The van der Waals surface area contributed by atoms with Crippen LogP contribution in [0.2, 0.25) is 0 Å². The third kappa shape index (κ3) is 3.00. The minimum Gasteiger partial charge on any atom is -0.371 e. The molecule has 3 rings (SSSR count). The monoisotopic (exact) mass is 314 g/mol. The molecule has 7 heteroatoms. The van der Waals surface area contributed by atoms with Crippen molar-refractivity contribution in [1.82, 2.24) is 9.97 Å². The zero-order valence-electron chi connectivity index (χ0n) is 13.0. The fraction of sp³-hybridized carbons (Fsp3) is 0.375. The highest BCUT2D eigenvalue weighted by atomic mass is 16.6. The van der Waals surface area contributed by atoms with E-state index in [-0.39, 0.29) is 11.7 Å². The Bertz CT molecular complexity index is 688. The molecule has 1 atom stereocenters. The Morgan fingerprint density at radius 2 is 1.91 bits per heavy atom. The first kappa shape index (κ1) is 15.4. The first-order chi connectivity index (χ1) is 11.0. The van der Waals surface area contributed by atoms with E-state index in [9.17, 15) is 10.1 Å². The predicted molar refractivity (Wildman–Crippen MR) is 85.2 cm³/mol. The highest BCUT2D eigenvalue weighted by Crippen LogP contribution is 2.38. The molecule has 1 saturated heterocycles. The predicted octanol–water partition coefficient (Wildman–Crippen LogP) is 2.74. The van der Waals surface area contributed by atoms with Gasteiger partial charge in [0, 0.05) is 6.54 Å². The molecule has 0 amide bonds. The Balaban J connectivity index is 1.99. The van der Waals surface area contributed by atoms with Crippen LogP contribution in [0.1, 0.15) is 25.5 Å². The summed E-state index contributed by atoms with van der Waals surface area (Å²) >= 11 is 0. The largest absolute Gasteiger partial charge is 0.371 e. The van der Waals surface area contributed by atoms with Gasteiger partial charge in [0.1, 0.15) is 12.4 Å². The molecule has 7 nitrogen and oxygen atoms in total. The Morgan fingerprint density at radius 1 is 1.26 bits per heavy atom. The molecular formula is C16H18N4O3. The van der Waals surface area contributed by atoms with Crippen molar-refractivity contribution in [2.24, 2.45) is 0 Å². The lowest BCUT2D eigenvalue weighted by molar-refractivity contribution is -0.385. The third-order valence-electron chi connectivity index (χ3n) is 3.98. The van der Waals surface area contributed by atoms with Gasteiger partial charge in [0.25, 0.3) is 0 Å². The fourth-order valence-electron chi connectivity index (χ4n) is 2.98. The van der Waals surface area contributed by atoms with Gasteiger partial charge in [-0.1, -0.05) is 30.3 Å². The lowest BCUT2D eigenvalue weighted by Gasteiger charge is -2.46. The number of benzene rings is 1. The summed E-state index contributed by atoms with van der Waals surface area (Å²) in [6, 6.07) is 9.94. The summed E-state index contributed by atoms with van der Waals surface area (Å²) in [6.07, 6.45) is 2.49. The number of aromatic nitrogens is 2. The van der Waals surface area contributed by atoms with Crippen LogP contribution in [0.3, 0.4) is 0 Å². The molecule has 0 saturated carbocycles. The van der Waals surface area contributed by atoms with Gasteiger partial charge in [-0.15, -0.1) is 0 Å². The number of hydrogen-bond donors (Lipinski definition) is 0. The molecule has 1 aliphatic heterocycles. The second-order valence-corrected chi connectivity index (χ2v) is 5.96. The van der Waals surface area contributed by atoms with E-state index in [4.69, 9.17) is 4.74 Å². The Hall–Kier alpha value is -2.54. The van der Waals surface area contributed by atoms with Crippen molar-refractivity contribution < 1.29 is 9.66 Å². The van der Waals surface area contributed by atoms with Gasteiger partial charge in [-0.2, -0.15) is 0 Å². The van der Waals surface area contributed by atoms with Crippen LogP contribution in [0.4, 0.5) is 11.6 Å². The number of anilines is 1. The number of hydrogen-bond acceptors (Lipinski definition) is 6. The molecule has 2 aromatic rings. The summed E-state index contributed by atoms with van der Waals surface area (Å²) in [5.41, 5.74) is 0.557. The molecule has 1 aromatic heterocycles. The molecule has 1 unspecified atom stereocenters. The lowest BCUT2D eigenvalue weighted by Crippen LogP contribution is -2.51. The van der Waals surface area contributed by atoms with Crippen molar-refractivity contribution in [2.45, 2.75) is 25.5 Å². The van der Waals surface area contributed by atoms with Crippen molar-refractivity contribution in [3.05, 3.63) is 58.4 Å². The number of nitrogens with zero attached hydrogens (tertiary/aromatic N) is 4. The highest BCUT2D eigenvalue weighted by Gasteiger charge is 2.41. The van der Waals surface area contributed by atoms with E-state index in [2.05, 4.69) is 9.97 Å². The maximum Gasteiger partial charge on any atom is 0.305 e. The Kier molecular flexibility index (Phi) is 3.96. The van der Waals surface area contributed by atoms with Gasteiger partial charge in [0.05, 0.1) is 23.2 Å². The van der Waals surface area contributed by atoms with Gasteiger partial charge in [0.2, 0.25) is 5.95 Å². The molecule has 0 spiro atoms.